The number of thioether (sulfide) groups is 1. The SMILES string of the molecule is O=C(CCF)N1CC2(C[C@H](Oc3cccnc3)CS2)C1. The van der Waals surface area contributed by atoms with Crippen molar-refractivity contribution in [1.82, 2.24) is 9.88 Å². The van der Waals surface area contributed by atoms with Crippen LogP contribution in [0.2, 0.25) is 0 Å². The van der Waals surface area contributed by atoms with E-state index in [9.17, 15) is 9.18 Å². The molecular formula is C14H17FN2O2S. The average molecular weight is 296 g/mol. The first-order valence-electron chi connectivity index (χ1n) is 6.75. The number of carbonyl (C=O) groups is 1. The van der Waals surface area contributed by atoms with Crippen molar-refractivity contribution in [2.24, 2.45) is 0 Å². The highest BCUT2D eigenvalue weighted by molar-refractivity contribution is 8.01. The largest absolute Gasteiger partial charge is 0.488 e. The van der Waals surface area contributed by atoms with E-state index in [1.54, 1.807) is 17.3 Å². The van der Waals surface area contributed by atoms with Gasteiger partial charge >= 0.3 is 0 Å². The van der Waals surface area contributed by atoms with E-state index in [4.69, 9.17) is 4.74 Å². The van der Waals surface area contributed by atoms with Gasteiger partial charge in [0.15, 0.2) is 0 Å². The van der Waals surface area contributed by atoms with Gasteiger partial charge in [0.2, 0.25) is 5.91 Å². The quantitative estimate of drug-likeness (QED) is 0.851. The first-order chi connectivity index (χ1) is 9.71. The van der Waals surface area contributed by atoms with E-state index in [0.29, 0.717) is 0 Å². The minimum Gasteiger partial charge on any atom is -0.488 e. The molecule has 20 heavy (non-hydrogen) atoms. The number of rotatable bonds is 4. The summed E-state index contributed by atoms with van der Waals surface area (Å²) >= 11 is 1.87. The van der Waals surface area contributed by atoms with Crippen molar-refractivity contribution in [1.29, 1.82) is 0 Å². The zero-order valence-electron chi connectivity index (χ0n) is 11.1. The first kappa shape index (κ1) is 13.7. The van der Waals surface area contributed by atoms with Crippen LogP contribution in [-0.2, 0) is 4.79 Å². The van der Waals surface area contributed by atoms with Crippen molar-refractivity contribution in [3.63, 3.8) is 0 Å². The molecule has 1 aromatic rings. The molecule has 0 radical (unpaired) electrons. The summed E-state index contributed by atoms with van der Waals surface area (Å²) in [6.45, 7) is 0.884. The summed E-state index contributed by atoms with van der Waals surface area (Å²) in [5.41, 5.74) is 0. The zero-order chi connectivity index (χ0) is 14.0. The van der Waals surface area contributed by atoms with Crippen molar-refractivity contribution < 1.29 is 13.9 Å². The van der Waals surface area contributed by atoms with E-state index in [1.165, 1.54) is 0 Å². The fraction of sp³-hybridized carbons (Fsp3) is 0.571. The van der Waals surface area contributed by atoms with Gasteiger partial charge in [-0.05, 0) is 12.1 Å². The van der Waals surface area contributed by atoms with Crippen LogP contribution in [0.5, 0.6) is 5.75 Å². The molecule has 1 spiro atoms. The van der Waals surface area contributed by atoms with Gasteiger partial charge in [-0.25, -0.2) is 0 Å². The molecule has 0 bridgehead atoms. The Bertz CT molecular complexity index is 479. The Labute approximate surface area is 121 Å². The van der Waals surface area contributed by atoms with Crippen LogP contribution < -0.4 is 4.74 Å². The average Bonchev–Trinajstić information content (AvgIpc) is 2.83. The molecule has 0 saturated carbocycles. The predicted octanol–water partition coefficient (Wildman–Crippen LogP) is 1.91. The molecule has 3 heterocycles. The normalized spacial score (nSPS) is 23.6. The number of nitrogens with zero attached hydrogens (tertiary/aromatic N) is 2. The van der Waals surface area contributed by atoms with E-state index in [2.05, 4.69) is 4.98 Å². The summed E-state index contributed by atoms with van der Waals surface area (Å²) in [5, 5.41) is 0. The van der Waals surface area contributed by atoms with E-state index in [0.717, 1.165) is 31.0 Å². The van der Waals surface area contributed by atoms with E-state index in [1.807, 2.05) is 23.9 Å². The van der Waals surface area contributed by atoms with Gasteiger partial charge in [-0.2, -0.15) is 0 Å². The maximum atomic E-state index is 12.2. The van der Waals surface area contributed by atoms with Gasteiger partial charge in [-0.3, -0.25) is 14.2 Å². The second-order valence-corrected chi connectivity index (χ2v) is 6.80. The standard InChI is InChI=1S/C14H17FN2O2S/c15-4-3-13(18)17-9-14(10-17)6-12(8-20-14)19-11-2-1-5-16-7-11/h1-2,5,7,12H,3-4,6,8-10H2/t12-/m0/s1. The third-order valence-corrected chi connectivity index (χ3v) is 5.31. The van der Waals surface area contributed by atoms with Crippen LogP contribution in [0.4, 0.5) is 4.39 Å². The van der Waals surface area contributed by atoms with Crippen molar-refractivity contribution in [3.05, 3.63) is 24.5 Å². The highest BCUT2D eigenvalue weighted by Crippen LogP contribution is 2.46. The maximum absolute atomic E-state index is 12.2. The molecule has 0 aromatic carbocycles. The fourth-order valence-electron chi connectivity index (χ4n) is 2.77. The number of carbonyl (C=O) groups excluding carboxylic acids is 1. The van der Waals surface area contributed by atoms with Gasteiger partial charge in [0.05, 0.1) is 24.0 Å². The van der Waals surface area contributed by atoms with Crippen LogP contribution in [0.25, 0.3) is 0 Å². The minimum absolute atomic E-state index is 0.0103. The van der Waals surface area contributed by atoms with Gasteiger partial charge < -0.3 is 9.64 Å². The molecule has 4 nitrogen and oxygen atoms in total. The van der Waals surface area contributed by atoms with Gasteiger partial charge in [-0.1, -0.05) is 0 Å². The number of halogens is 1. The Morgan fingerprint density at radius 2 is 2.45 bits per heavy atom. The highest BCUT2D eigenvalue weighted by Gasteiger charge is 2.51. The second kappa shape index (κ2) is 5.60. The molecule has 108 valence electrons. The van der Waals surface area contributed by atoms with E-state index < -0.39 is 6.67 Å². The highest BCUT2D eigenvalue weighted by atomic mass is 32.2. The topological polar surface area (TPSA) is 42.4 Å². The van der Waals surface area contributed by atoms with Crippen LogP contribution in [0, 0.1) is 0 Å². The lowest BCUT2D eigenvalue weighted by Gasteiger charge is -2.47. The minimum atomic E-state index is -0.567. The molecule has 6 heteroatoms. The third kappa shape index (κ3) is 2.75. The molecule has 1 atom stereocenters. The lowest BCUT2D eigenvalue weighted by atomic mass is 9.92. The molecular weight excluding hydrogens is 279 g/mol. The number of hydrogen-bond donors (Lipinski definition) is 0. The Morgan fingerprint density at radius 1 is 1.60 bits per heavy atom. The van der Waals surface area contributed by atoms with Crippen molar-refractivity contribution >= 4 is 17.7 Å². The van der Waals surface area contributed by atoms with Crippen molar-refractivity contribution in [2.75, 3.05) is 25.5 Å². The van der Waals surface area contributed by atoms with E-state index >= 15 is 0 Å². The summed E-state index contributed by atoms with van der Waals surface area (Å²) in [5.74, 6) is 1.65. The summed E-state index contributed by atoms with van der Waals surface area (Å²) in [4.78, 5) is 17.4. The van der Waals surface area contributed by atoms with Crippen molar-refractivity contribution in [2.45, 2.75) is 23.7 Å². The maximum Gasteiger partial charge on any atom is 0.225 e. The van der Waals surface area contributed by atoms with Crippen LogP contribution >= 0.6 is 11.8 Å². The Balaban J connectivity index is 1.50. The van der Waals surface area contributed by atoms with Gasteiger partial charge in [0.25, 0.3) is 0 Å². The smallest absolute Gasteiger partial charge is 0.225 e. The number of alkyl halides is 1. The van der Waals surface area contributed by atoms with Gasteiger partial charge in [0, 0.05) is 31.5 Å². The molecule has 1 amide bonds. The molecule has 2 aliphatic heterocycles. The summed E-state index contributed by atoms with van der Waals surface area (Å²) in [7, 11) is 0. The molecule has 1 aromatic heterocycles. The fourth-order valence-corrected chi connectivity index (χ4v) is 4.30. The summed E-state index contributed by atoms with van der Waals surface area (Å²) in [6.07, 6.45) is 4.55. The number of likely N-dealkylation sites (tertiary alicyclic amines) is 1. The number of amides is 1. The zero-order valence-corrected chi connectivity index (χ0v) is 11.9. The lowest BCUT2D eigenvalue weighted by Crippen LogP contribution is -2.60. The molecule has 2 fully saturated rings. The molecule has 0 unspecified atom stereocenters. The third-order valence-electron chi connectivity index (χ3n) is 3.73. The Morgan fingerprint density at radius 3 is 3.15 bits per heavy atom. The Hall–Kier alpha value is -1.30. The Kier molecular flexibility index (Phi) is 3.83. The number of aromatic nitrogens is 1. The van der Waals surface area contributed by atoms with Crippen LogP contribution in [0.1, 0.15) is 12.8 Å². The van der Waals surface area contributed by atoms with E-state index in [-0.39, 0.29) is 23.2 Å². The molecule has 2 aliphatic rings. The predicted molar refractivity (Wildman–Crippen MR) is 75.6 cm³/mol. The molecule has 3 rings (SSSR count). The molecule has 0 N–H and O–H groups in total. The number of pyridine rings is 1. The molecule has 2 saturated heterocycles. The van der Waals surface area contributed by atoms with Gasteiger partial charge in [0.1, 0.15) is 11.9 Å². The summed E-state index contributed by atoms with van der Waals surface area (Å²) < 4.78 is 18.2. The number of ether oxygens (including phenoxy) is 1. The van der Waals surface area contributed by atoms with Crippen molar-refractivity contribution in [3.8, 4) is 5.75 Å². The molecule has 0 aliphatic carbocycles. The number of hydrogen-bond acceptors (Lipinski definition) is 4. The summed E-state index contributed by atoms with van der Waals surface area (Å²) in [6, 6.07) is 3.76. The van der Waals surface area contributed by atoms with Crippen LogP contribution in [0.3, 0.4) is 0 Å². The first-order valence-corrected chi connectivity index (χ1v) is 7.74. The lowest BCUT2D eigenvalue weighted by molar-refractivity contribution is -0.136. The van der Waals surface area contributed by atoms with Crippen LogP contribution in [-0.4, -0.2) is 52.2 Å². The second-order valence-electron chi connectivity index (χ2n) is 5.32. The van der Waals surface area contributed by atoms with Gasteiger partial charge in [-0.15, -0.1) is 11.8 Å². The van der Waals surface area contributed by atoms with Crippen LogP contribution in [0.15, 0.2) is 24.5 Å². The monoisotopic (exact) mass is 296 g/mol.